The molecule has 0 bridgehead atoms. The Hall–Kier alpha value is -3.67. The van der Waals surface area contributed by atoms with Gasteiger partial charge in [0, 0.05) is 23.0 Å². The van der Waals surface area contributed by atoms with Crippen LogP contribution in [-0.4, -0.2) is 23.3 Å². The van der Waals surface area contributed by atoms with Gasteiger partial charge in [0.25, 0.3) is 0 Å². The van der Waals surface area contributed by atoms with Gasteiger partial charge in [-0.3, -0.25) is 15.1 Å². The molecule has 0 unspecified atom stereocenters. The van der Waals surface area contributed by atoms with E-state index >= 15 is 0 Å². The first-order valence-corrected chi connectivity index (χ1v) is 11.4. The molecule has 3 aromatic rings. The number of hydrogen-bond donors (Lipinski definition) is 1. The van der Waals surface area contributed by atoms with Crippen molar-refractivity contribution in [3.63, 3.8) is 0 Å². The molecule has 0 spiro atoms. The lowest BCUT2D eigenvalue weighted by atomic mass is 9.93. The molecule has 5 nitrogen and oxygen atoms in total. The Morgan fingerprint density at radius 1 is 0.947 bits per heavy atom. The summed E-state index contributed by atoms with van der Waals surface area (Å²) in [6.45, 7) is 3.32. The molecule has 1 amide bonds. The number of ether oxygens (including phenoxy) is 1. The van der Waals surface area contributed by atoms with Crippen LogP contribution in [0, 0.1) is 5.82 Å². The molecule has 1 saturated heterocycles. The number of nitrogens with one attached hydrogen (secondary N) is 1. The van der Waals surface area contributed by atoms with E-state index in [0.717, 1.165) is 24.4 Å². The minimum Gasteiger partial charge on any atom is -0.406 e. The molecular formula is C26H22F7N3O2. The van der Waals surface area contributed by atoms with Crippen molar-refractivity contribution in [2.75, 3.05) is 4.90 Å². The summed E-state index contributed by atoms with van der Waals surface area (Å²) in [5.74, 6) is -1.55. The van der Waals surface area contributed by atoms with Crippen LogP contribution < -0.4 is 15.0 Å². The third-order valence-corrected chi connectivity index (χ3v) is 6.23. The number of rotatable bonds is 6. The molecule has 1 aliphatic heterocycles. The maximum atomic E-state index is 14.8. The number of nitrogens with zero attached hydrogens (tertiary/aromatic N) is 2. The number of carbonyl (C=O) groups is 1. The van der Waals surface area contributed by atoms with Crippen LogP contribution in [0.25, 0.3) is 0 Å². The van der Waals surface area contributed by atoms with Crippen LogP contribution in [0.4, 0.5) is 36.4 Å². The zero-order valence-electron chi connectivity index (χ0n) is 20.1. The number of pyridine rings is 1. The zero-order chi connectivity index (χ0) is 27.9. The van der Waals surface area contributed by atoms with Crippen molar-refractivity contribution in [1.29, 1.82) is 0 Å². The first kappa shape index (κ1) is 27.4. The molecule has 1 fully saturated rings. The summed E-state index contributed by atoms with van der Waals surface area (Å²) in [4.78, 5) is 18.3. The van der Waals surface area contributed by atoms with Gasteiger partial charge in [0.2, 0.25) is 5.91 Å². The highest BCUT2D eigenvalue weighted by Gasteiger charge is 2.44. The summed E-state index contributed by atoms with van der Waals surface area (Å²) in [7, 11) is 0. The van der Waals surface area contributed by atoms with Gasteiger partial charge in [0.1, 0.15) is 17.3 Å². The van der Waals surface area contributed by atoms with Gasteiger partial charge in [-0.15, -0.1) is 13.2 Å². The minimum atomic E-state index is -4.89. The SMILES string of the molecule is CC(C)(N[C@H]1C[C@@H](c2ccccc2F)N(c2ccc(OC(F)(F)F)cc2)C1=O)c1ccc(C(F)(F)F)nc1. The first-order chi connectivity index (χ1) is 17.7. The fourth-order valence-corrected chi connectivity index (χ4v) is 4.45. The number of halogens is 7. The van der Waals surface area contributed by atoms with Gasteiger partial charge >= 0.3 is 12.5 Å². The summed E-state index contributed by atoms with van der Waals surface area (Å²) in [5.41, 5.74) is -1.27. The quantitative estimate of drug-likeness (QED) is 0.362. The molecule has 12 heteroatoms. The molecule has 202 valence electrons. The molecule has 0 radical (unpaired) electrons. The highest BCUT2D eigenvalue weighted by atomic mass is 19.4. The molecular weight excluding hydrogens is 519 g/mol. The molecule has 4 rings (SSSR count). The Labute approximate surface area is 213 Å². The third kappa shape index (κ3) is 5.90. The number of carbonyl (C=O) groups excluding carboxylic acids is 1. The summed E-state index contributed by atoms with van der Waals surface area (Å²) in [6.07, 6.45) is -8.35. The van der Waals surface area contributed by atoms with Crippen molar-refractivity contribution < 1.29 is 40.3 Å². The lowest BCUT2D eigenvalue weighted by Crippen LogP contribution is -2.47. The predicted octanol–water partition coefficient (Wildman–Crippen LogP) is 6.51. The number of benzene rings is 2. The van der Waals surface area contributed by atoms with Crippen molar-refractivity contribution in [2.24, 2.45) is 0 Å². The van der Waals surface area contributed by atoms with Crippen molar-refractivity contribution >= 4 is 11.6 Å². The first-order valence-electron chi connectivity index (χ1n) is 11.4. The summed E-state index contributed by atoms with van der Waals surface area (Å²) in [6, 6.07) is 10.8. The highest BCUT2D eigenvalue weighted by Crippen LogP contribution is 2.40. The molecule has 0 saturated carbocycles. The van der Waals surface area contributed by atoms with Crippen LogP contribution in [0.5, 0.6) is 5.75 Å². The van der Waals surface area contributed by atoms with E-state index in [0.29, 0.717) is 5.56 Å². The zero-order valence-corrected chi connectivity index (χ0v) is 20.1. The Kier molecular flexibility index (Phi) is 7.13. The van der Waals surface area contributed by atoms with Gasteiger partial charge in [-0.2, -0.15) is 13.2 Å². The number of anilines is 1. The molecule has 2 heterocycles. The van der Waals surface area contributed by atoms with E-state index in [2.05, 4.69) is 15.0 Å². The Morgan fingerprint density at radius 2 is 1.61 bits per heavy atom. The third-order valence-electron chi connectivity index (χ3n) is 6.23. The van der Waals surface area contributed by atoms with Gasteiger partial charge in [0.15, 0.2) is 0 Å². The maximum absolute atomic E-state index is 14.8. The fraction of sp³-hybridized carbons (Fsp3) is 0.308. The van der Waals surface area contributed by atoms with Gasteiger partial charge in [0.05, 0.1) is 12.1 Å². The molecule has 0 aliphatic carbocycles. The Balaban J connectivity index is 1.64. The fourth-order valence-electron chi connectivity index (χ4n) is 4.45. The van der Waals surface area contributed by atoms with Crippen molar-refractivity contribution in [1.82, 2.24) is 10.3 Å². The number of aromatic nitrogens is 1. The lowest BCUT2D eigenvalue weighted by Gasteiger charge is -2.30. The monoisotopic (exact) mass is 541 g/mol. The Morgan fingerprint density at radius 3 is 2.16 bits per heavy atom. The van der Waals surface area contributed by atoms with Gasteiger partial charge in [-0.1, -0.05) is 24.3 Å². The summed E-state index contributed by atoms with van der Waals surface area (Å²) >= 11 is 0. The second-order valence-corrected chi connectivity index (χ2v) is 9.27. The molecule has 2 aromatic carbocycles. The van der Waals surface area contributed by atoms with Gasteiger partial charge < -0.3 is 9.64 Å². The normalized spacial score (nSPS) is 18.7. The minimum absolute atomic E-state index is 0.0814. The van der Waals surface area contributed by atoms with E-state index in [9.17, 15) is 35.5 Å². The van der Waals surface area contributed by atoms with Crippen molar-refractivity contribution in [3.05, 3.63) is 89.5 Å². The maximum Gasteiger partial charge on any atom is 0.573 e. The van der Waals surface area contributed by atoms with E-state index in [-0.39, 0.29) is 17.7 Å². The molecule has 1 N–H and O–H groups in total. The number of hydrogen-bond acceptors (Lipinski definition) is 4. The predicted molar refractivity (Wildman–Crippen MR) is 124 cm³/mol. The average molecular weight is 541 g/mol. The van der Waals surface area contributed by atoms with Crippen molar-refractivity contribution in [3.8, 4) is 5.75 Å². The van der Waals surface area contributed by atoms with Crippen molar-refractivity contribution in [2.45, 2.75) is 50.4 Å². The van der Waals surface area contributed by atoms with Crippen LogP contribution in [0.15, 0.2) is 66.9 Å². The Bertz CT molecular complexity index is 1290. The topological polar surface area (TPSA) is 54.5 Å². The van der Waals surface area contributed by atoms with Crippen LogP contribution in [0.2, 0.25) is 0 Å². The summed E-state index contributed by atoms with van der Waals surface area (Å²) in [5, 5.41) is 3.13. The number of amides is 1. The second-order valence-electron chi connectivity index (χ2n) is 9.27. The second kappa shape index (κ2) is 9.90. The van der Waals surface area contributed by atoms with Crippen LogP contribution in [-0.2, 0) is 16.5 Å². The molecule has 1 aliphatic rings. The smallest absolute Gasteiger partial charge is 0.406 e. The largest absolute Gasteiger partial charge is 0.573 e. The molecule has 2 atom stereocenters. The van der Waals surface area contributed by atoms with E-state index in [1.54, 1.807) is 19.9 Å². The van der Waals surface area contributed by atoms with Crippen LogP contribution in [0.3, 0.4) is 0 Å². The summed E-state index contributed by atoms with van der Waals surface area (Å²) < 4.78 is 95.1. The van der Waals surface area contributed by atoms with Crippen LogP contribution >= 0.6 is 0 Å². The molecule has 38 heavy (non-hydrogen) atoms. The highest BCUT2D eigenvalue weighted by molar-refractivity contribution is 6.00. The van der Waals surface area contributed by atoms with E-state index in [4.69, 9.17) is 0 Å². The van der Waals surface area contributed by atoms with Gasteiger partial charge in [-0.05, 0) is 62.2 Å². The van der Waals surface area contributed by atoms with E-state index in [1.165, 1.54) is 41.3 Å². The van der Waals surface area contributed by atoms with Gasteiger partial charge in [-0.25, -0.2) is 4.39 Å². The van der Waals surface area contributed by atoms with E-state index in [1.807, 2.05) is 0 Å². The van der Waals surface area contributed by atoms with E-state index < -0.39 is 53.3 Å². The van der Waals surface area contributed by atoms with Crippen LogP contribution in [0.1, 0.15) is 43.1 Å². The average Bonchev–Trinajstić information content (AvgIpc) is 3.13. The molecule has 1 aromatic heterocycles. The number of alkyl halides is 6. The standard InChI is InChI=1S/C26H22F7N3O2/c1-24(2,15-7-12-22(34-14-15)25(28,29)30)35-20-13-21(18-5-3-4-6-19(18)27)36(23(20)37)16-8-10-17(11-9-16)38-26(31,32)33/h3-12,14,20-21,35H,13H2,1-2H3/t20-,21-/m0/s1. The lowest BCUT2D eigenvalue weighted by molar-refractivity contribution is -0.274.